The molecule has 0 bridgehead atoms. The second-order valence-corrected chi connectivity index (χ2v) is 6.21. The van der Waals surface area contributed by atoms with E-state index >= 15 is 0 Å². The Balaban J connectivity index is 1.35. The van der Waals surface area contributed by atoms with Crippen molar-refractivity contribution >= 4 is 6.03 Å². The van der Waals surface area contributed by atoms with E-state index in [4.69, 9.17) is 9.47 Å². The molecule has 0 radical (unpaired) electrons. The lowest BCUT2D eigenvalue weighted by Crippen LogP contribution is -2.40. The zero-order valence-corrected chi connectivity index (χ0v) is 13.5. The van der Waals surface area contributed by atoms with Gasteiger partial charge in [0.25, 0.3) is 0 Å². The number of ether oxygens (including phenoxy) is 2. The number of hydrogen-bond acceptors (Lipinski definition) is 3. The first-order valence-corrected chi connectivity index (χ1v) is 8.18. The minimum absolute atomic E-state index is 0.0929. The molecule has 1 aliphatic carbocycles. The Kier molecular flexibility index (Phi) is 3.76. The molecule has 2 amide bonds. The number of benzene rings is 2. The van der Waals surface area contributed by atoms with Crippen LogP contribution in [0.15, 0.2) is 48.5 Å². The molecule has 2 aliphatic rings. The third-order valence-corrected chi connectivity index (χ3v) is 4.65. The lowest BCUT2D eigenvalue weighted by molar-refractivity contribution is 0.231. The van der Waals surface area contributed by atoms with Crippen LogP contribution >= 0.6 is 0 Å². The smallest absolute Gasteiger partial charge is 0.315 e. The predicted molar refractivity (Wildman–Crippen MR) is 90.5 cm³/mol. The lowest BCUT2D eigenvalue weighted by Gasteiger charge is -2.13. The van der Waals surface area contributed by atoms with Crippen molar-refractivity contribution in [3.63, 3.8) is 0 Å². The van der Waals surface area contributed by atoms with Crippen LogP contribution in [0.2, 0.25) is 0 Å². The van der Waals surface area contributed by atoms with Gasteiger partial charge in [-0.15, -0.1) is 0 Å². The molecule has 24 heavy (non-hydrogen) atoms. The molecule has 0 saturated heterocycles. The Morgan fingerprint density at radius 2 is 1.83 bits per heavy atom. The summed E-state index contributed by atoms with van der Waals surface area (Å²) in [7, 11) is 1.67. The molecular weight excluding hydrogens is 304 g/mol. The van der Waals surface area contributed by atoms with E-state index in [1.807, 2.05) is 42.5 Å². The Morgan fingerprint density at radius 1 is 1.08 bits per heavy atom. The molecule has 0 aromatic heterocycles. The molecule has 1 aliphatic heterocycles. The average Bonchev–Trinajstić information content (AvgIpc) is 3.26. The third-order valence-electron chi connectivity index (χ3n) is 4.65. The van der Waals surface area contributed by atoms with E-state index < -0.39 is 0 Å². The fourth-order valence-electron chi connectivity index (χ4n) is 3.32. The number of urea groups is 1. The second-order valence-electron chi connectivity index (χ2n) is 6.21. The number of hydrogen-bond donors (Lipinski definition) is 2. The predicted octanol–water partition coefficient (Wildman–Crippen LogP) is 2.98. The fraction of sp³-hybridized carbons (Fsp3) is 0.316. The monoisotopic (exact) mass is 324 g/mol. The Morgan fingerprint density at radius 3 is 2.67 bits per heavy atom. The van der Waals surface area contributed by atoms with Crippen LogP contribution in [0.1, 0.15) is 29.5 Å². The van der Waals surface area contributed by atoms with Gasteiger partial charge >= 0.3 is 6.03 Å². The van der Waals surface area contributed by atoms with Gasteiger partial charge in [-0.2, -0.15) is 0 Å². The minimum Gasteiger partial charge on any atom is -0.496 e. The quantitative estimate of drug-likeness (QED) is 0.909. The average molecular weight is 324 g/mol. The molecule has 124 valence electrons. The molecule has 5 heteroatoms. The number of rotatable bonds is 4. The summed E-state index contributed by atoms with van der Waals surface area (Å²) in [4.78, 5) is 12.3. The van der Waals surface area contributed by atoms with Crippen LogP contribution in [0.5, 0.6) is 11.5 Å². The van der Waals surface area contributed by atoms with E-state index in [1.165, 1.54) is 0 Å². The second kappa shape index (κ2) is 6.07. The molecule has 3 atom stereocenters. The molecule has 2 N–H and O–H groups in total. The van der Waals surface area contributed by atoms with E-state index in [0.717, 1.165) is 29.0 Å². The van der Waals surface area contributed by atoms with Crippen molar-refractivity contribution in [3.8, 4) is 11.5 Å². The number of amides is 2. The van der Waals surface area contributed by atoms with Gasteiger partial charge in [0.15, 0.2) is 0 Å². The van der Waals surface area contributed by atoms with E-state index in [9.17, 15) is 4.79 Å². The van der Waals surface area contributed by atoms with Gasteiger partial charge in [-0.05, 0) is 24.1 Å². The van der Waals surface area contributed by atoms with Crippen molar-refractivity contribution < 1.29 is 14.3 Å². The van der Waals surface area contributed by atoms with Gasteiger partial charge in [0.1, 0.15) is 18.1 Å². The first-order valence-electron chi connectivity index (χ1n) is 8.18. The number of nitrogens with one attached hydrogen (secondary N) is 2. The van der Waals surface area contributed by atoms with Crippen LogP contribution in [0, 0.1) is 0 Å². The maximum absolute atomic E-state index is 12.3. The van der Waals surface area contributed by atoms with E-state index in [1.54, 1.807) is 7.11 Å². The van der Waals surface area contributed by atoms with Crippen LogP contribution in [0.4, 0.5) is 4.79 Å². The summed E-state index contributed by atoms with van der Waals surface area (Å²) in [6, 6.07) is 15.7. The zero-order valence-electron chi connectivity index (χ0n) is 13.5. The van der Waals surface area contributed by atoms with Crippen molar-refractivity contribution in [2.75, 3.05) is 13.7 Å². The van der Waals surface area contributed by atoms with Crippen molar-refractivity contribution in [1.82, 2.24) is 10.6 Å². The van der Waals surface area contributed by atoms with Crippen molar-refractivity contribution in [3.05, 3.63) is 59.7 Å². The summed E-state index contributed by atoms with van der Waals surface area (Å²) in [6.07, 6.45) is 0.936. The van der Waals surface area contributed by atoms with Crippen molar-refractivity contribution in [1.29, 1.82) is 0 Å². The highest BCUT2D eigenvalue weighted by molar-refractivity contribution is 5.76. The molecule has 5 nitrogen and oxygen atoms in total. The fourth-order valence-corrected chi connectivity index (χ4v) is 3.32. The first kappa shape index (κ1) is 14.9. The van der Waals surface area contributed by atoms with Crippen LogP contribution in [0.3, 0.4) is 0 Å². The maximum atomic E-state index is 12.3. The molecule has 2 aromatic rings. The molecule has 4 rings (SSSR count). The molecule has 2 aromatic carbocycles. The highest BCUT2D eigenvalue weighted by atomic mass is 16.5. The van der Waals surface area contributed by atoms with Gasteiger partial charge in [-0.25, -0.2) is 4.79 Å². The highest BCUT2D eigenvalue weighted by Gasteiger charge is 2.41. The van der Waals surface area contributed by atoms with E-state index in [0.29, 0.717) is 12.5 Å². The number of fused-ring (bicyclic) bond motifs is 1. The first-order chi connectivity index (χ1) is 11.8. The molecule has 1 heterocycles. The van der Waals surface area contributed by atoms with E-state index in [2.05, 4.69) is 16.7 Å². The summed E-state index contributed by atoms with van der Waals surface area (Å²) in [5.74, 6) is 2.05. The van der Waals surface area contributed by atoms with Crippen LogP contribution in [-0.2, 0) is 0 Å². The Bertz CT molecular complexity index is 762. The normalized spacial score (nSPS) is 23.8. The number of para-hydroxylation sites is 2. The van der Waals surface area contributed by atoms with Crippen LogP contribution in [0.25, 0.3) is 0 Å². The SMILES string of the molecule is COc1ccccc1[C@@H]1C[C@H]1NC(=O)N[C@H]1COc2ccccc21. The standard InChI is InChI=1S/C19H20N2O3/c1-23-17-8-4-2-6-12(17)14-10-15(14)20-19(22)21-16-11-24-18-9-5-3-7-13(16)18/h2-9,14-16H,10-11H2,1H3,(H2,20,21,22)/t14-,15+,16-/m0/s1. The van der Waals surface area contributed by atoms with Crippen LogP contribution in [-0.4, -0.2) is 25.8 Å². The van der Waals surface area contributed by atoms with Gasteiger partial charge < -0.3 is 20.1 Å². The summed E-state index contributed by atoms with van der Waals surface area (Å²) < 4.78 is 11.0. The van der Waals surface area contributed by atoms with Crippen molar-refractivity contribution in [2.45, 2.75) is 24.4 Å². The zero-order chi connectivity index (χ0) is 16.5. The molecular formula is C19H20N2O3. The lowest BCUT2D eigenvalue weighted by atomic mass is 10.1. The van der Waals surface area contributed by atoms with Gasteiger partial charge in [-0.3, -0.25) is 0 Å². The van der Waals surface area contributed by atoms with E-state index in [-0.39, 0.29) is 18.1 Å². The third kappa shape index (κ3) is 2.77. The topological polar surface area (TPSA) is 59.6 Å². The molecule has 0 unspecified atom stereocenters. The van der Waals surface area contributed by atoms with Gasteiger partial charge in [-0.1, -0.05) is 36.4 Å². The Hall–Kier alpha value is -2.69. The van der Waals surface area contributed by atoms with Gasteiger partial charge in [0.2, 0.25) is 0 Å². The molecule has 1 saturated carbocycles. The molecule has 0 spiro atoms. The highest BCUT2D eigenvalue weighted by Crippen LogP contribution is 2.44. The largest absolute Gasteiger partial charge is 0.496 e. The van der Waals surface area contributed by atoms with Crippen molar-refractivity contribution in [2.24, 2.45) is 0 Å². The number of carbonyl (C=O) groups excluding carboxylic acids is 1. The number of carbonyl (C=O) groups is 1. The Labute approximate surface area is 141 Å². The number of methoxy groups -OCH3 is 1. The summed E-state index contributed by atoms with van der Waals surface area (Å²) in [6.45, 7) is 0.480. The summed E-state index contributed by atoms with van der Waals surface area (Å²) >= 11 is 0. The van der Waals surface area contributed by atoms with Gasteiger partial charge in [0, 0.05) is 17.5 Å². The molecule has 1 fully saturated rings. The maximum Gasteiger partial charge on any atom is 0.315 e. The minimum atomic E-state index is -0.150. The van der Waals surface area contributed by atoms with Gasteiger partial charge in [0.05, 0.1) is 13.2 Å². The summed E-state index contributed by atoms with van der Waals surface area (Å²) in [5, 5.41) is 6.05. The van der Waals surface area contributed by atoms with Crippen LogP contribution < -0.4 is 20.1 Å². The summed E-state index contributed by atoms with van der Waals surface area (Å²) in [5.41, 5.74) is 2.18.